The van der Waals surface area contributed by atoms with E-state index in [-0.39, 0.29) is 24.3 Å². The van der Waals surface area contributed by atoms with Crippen LogP contribution in [0, 0.1) is 12.7 Å². The summed E-state index contributed by atoms with van der Waals surface area (Å²) in [6, 6.07) is 9.66. The lowest BCUT2D eigenvalue weighted by Crippen LogP contribution is -2.31. The number of urea groups is 1. The van der Waals surface area contributed by atoms with Gasteiger partial charge in [-0.2, -0.15) is 13.2 Å². The maximum atomic E-state index is 13.1. The van der Waals surface area contributed by atoms with Gasteiger partial charge in [-0.1, -0.05) is 18.2 Å². The number of hydrogen-bond acceptors (Lipinski definition) is 4. The Morgan fingerprint density at radius 3 is 2.47 bits per heavy atom. The average Bonchev–Trinajstić information content (AvgIpc) is 3.35. The number of carbonyl (C=O) groups excluding carboxylic acids is 2. The van der Waals surface area contributed by atoms with Gasteiger partial charge in [0.2, 0.25) is 0 Å². The van der Waals surface area contributed by atoms with Gasteiger partial charge < -0.3 is 10.2 Å². The number of carbonyl (C=O) groups is 2. The Labute approximate surface area is 196 Å². The van der Waals surface area contributed by atoms with Crippen molar-refractivity contribution >= 4 is 28.3 Å². The third-order valence-corrected chi connectivity index (χ3v) is 6.59. The highest BCUT2D eigenvalue weighted by molar-refractivity contribution is 7.18. The average molecular weight is 492 g/mol. The third kappa shape index (κ3) is 5.19. The molecule has 0 radical (unpaired) electrons. The molecular formula is C23H20F4N4O2S. The number of thiophene rings is 1. The van der Waals surface area contributed by atoms with Gasteiger partial charge in [0.1, 0.15) is 16.5 Å². The van der Waals surface area contributed by atoms with Crippen LogP contribution in [-0.4, -0.2) is 34.9 Å². The van der Waals surface area contributed by atoms with Crippen molar-refractivity contribution in [3.63, 3.8) is 0 Å². The summed E-state index contributed by atoms with van der Waals surface area (Å²) in [7, 11) is 0. The van der Waals surface area contributed by atoms with Crippen molar-refractivity contribution in [2.75, 3.05) is 18.0 Å². The van der Waals surface area contributed by atoms with Crippen molar-refractivity contribution in [3.8, 4) is 0 Å². The first-order valence-corrected chi connectivity index (χ1v) is 11.1. The van der Waals surface area contributed by atoms with Crippen LogP contribution in [0.15, 0.2) is 48.7 Å². The van der Waals surface area contributed by atoms with Crippen molar-refractivity contribution in [1.29, 1.82) is 0 Å². The fourth-order valence-corrected chi connectivity index (χ4v) is 4.64. The number of nitrogens with one attached hydrogen (secondary N) is 1. The molecule has 0 atom stereocenters. The lowest BCUT2D eigenvalue weighted by atomic mass is 10.2. The van der Waals surface area contributed by atoms with Crippen LogP contribution in [0.25, 0.3) is 0 Å². The number of anilines is 1. The molecule has 1 aliphatic heterocycles. The van der Waals surface area contributed by atoms with Crippen LogP contribution >= 0.6 is 11.3 Å². The van der Waals surface area contributed by atoms with Crippen LogP contribution in [0.3, 0.4) is 0 Å². The molecule has 0 spiro atoms. The SMILES string of the molecule is Cc1cc(N2CCN(Cc3ccc(F)cc3)C2=O)sc1C(=O)NCc1ccc(C(F)(F)F)nc1. The van der Waals surface area contributed by atoms with Gasteiger partial charge in [0.25, 0.3) is 5.91 Å². The van der Waals surface area contributed by atoms with E-state index in [1.54, 1.807) is 34.9 Å². The molecule has 1 fully saturated rings. The summed E-state index contributed by atoms with van der Waals surface area (Å²) in [5, 5.41) is 3.31. The van der Waals surface area contributed by atoms with Gasteiger partial charge in [0.15, 0.2) is 0 Å². The molecule has 6 nitrogen and oxygen atoms in total. The lowest BCUT2D eigenvalue weighted by Gasteiger charge is -2.17. The molecule has 1 aliphatic rings. The largest absolute Gasteiger partial charge is 0.433 e. The zero-order chi connectivity index (χ0) is 24.5. The first-order valence-electron chi connectivity index (χ1n) is 10.3. The molecule has 3 heterocycles. The van der Waals surface area contributed by atoms with E-state index < -0.39 is 11.9 Å². The van der Waals surface area contributed by atoms with Gasteiger partial charge in [-0.25, -0.2) is 9.18 Å². The third-order valence-electron chi connectivity index (χ3n) is 5.33. The van der Waals surface area contributed by atoms with Gasteiger partial charge in [-0.05, 0) is 47.9 Å². The maximum absolute atomic E-state index is 13.1. The van der Waals surface area contributed by atoms with Crippen LogP contribution in [0.1, 0.15) is 32.1 Å². The number of aromatic nitrogens is 1. The minimum absolute atomic E-state index is 0.0186. The molecule has 1 N–H and O–H groups in total. The molecule has 4 rings (SSSR count). The van der Waals surface area contributed by atoms with E-state index in [2.05, 4.69) is 10.3 Å². The normalized spacial score (nSPS) is 14.1. The molecule has 0 aliphatic carbocycles. The fraction of sp³-hybridized carbons (Fsp3) is 0.261. The highest BCUT2D eigenvalue weighted by Crippen LogP contribution is 2.33. The van der Waals surface area contributed by atoms with Gasteiger partial charge in [-0.3, -0.25) is 14.7 Å². The Kier molecular flexibility index (Phi) is 6.56. The maximum Gasteiger partial charge on any atom is 0.433 e. The van der Waals surface area contributed by atoms with Gasteiger partial charge in [0, 0.05) is 32.4 Å². The number of pyridine rings is 1. The van der Waals surface area contributed by atoms with Crippen LogP contribution < -0.4 is 10.2 Å². The van der Waals surface area contributed by atoms with Gasteiger partial charge in [-0.15, -0.1) is 11.3 Å². The highest BCUT2D eigenvalue weighted by atomic mass is 32.1. The molecule has 11 heteroatoms. The smallest absolute Gasteiger partial charge is 0.347 e. The first kappa shape index (κ1) is 23.7. The minimum atomic E-state index is -4.52. The minimum Gasteiger partial charge on any atom is -0.347 e. The summed E-state index contributed by atoms with van der Waals surface area (Å²) in [6.45, 7) is 3.08. The summed E-state index contributed by atoms with van der Waals surface area (Å²) in [4.78, 5) is 32.6. The second kappa shape index (κ2) is 9.41. The van der Waals surface area contributed by atoms with Gasteiger partial charge >= 0.3 is 12.2 Å². The predicted octanol–water partition coefficient (Wildman–Crippen LogP) is 4.98. The second-order valence-electron chi connectivity index (χ2n) is 7.81. The number of rotatable bonds is 6. The molecule has 1 aromatic carbocycles. The molecule has 0 unspecified atom stereocenters. The topological polar surface area (TPSA) is 65.5 Å². The van der Waals surface area contributed by atoms with Crippen LogP contribution in [-0.2, 0) is 19.3 Å². The number of halogens is 4. The molecular weight excluding hydrogens is 472 g/mol. The van der Waals surface area contributed by atoms with Crippen LogP contribution in [0.2, 0.25) is 0 Å². The highest BCUT2D eigenvalue weighted by Gasteiger charge is 2.33. The Balaban J connectivity index is 1.38. The summed E-state index contributed by atoms with van der Waals surface area (Å²) >= 11 is 1.17. The molecule has 34 heavy (non-hydrogen) atoms. The van der Waals surface area contributed by atoms with Crippen molar-refractivity contribution in [3.05, 3.63) is 81.7 Å². The number of aryl methyl sites for hydroxylation is 1. The fourth-order valence-electron chi connectivity index (χ4n) is 3.53. The van der Waals surface area contributed by atoms with Crippen LogP contribution in [0.5, 0.6) is 0 Å². The monoisotopic (exact) mass is 492 g/mol. The predicted molar refractivity (Wildman–Crippen MR) is 119 cm³/mol. The van der Waals surface area contributed by atoms with Crippen molar-refractivity contribution in [1.82, 2.24) is 15.2 Å². The van der Waals surface area contributed by atoms with E-state index in [0.717, 1.165) is 17.8 Å². The Hall–Kier alpha value is -3.47. The van der Waals surface area contributed by atoms with E-state index in [1.165, 1.54) is 29.5 Å². The standard InChI is InChI=1S/C23H20F4N4O2S/c1-14-10-19(31-9-8-30(22(31)33)13-15-2-5-17(24)6-3-15)34-20(14)21(32)29-12-16-4-7-18(28-11-16)23(25,26)27/h2-7,10-11H,8-9,12-13H2,1H3,(H,29,32). The van der Waals surface area contributed by atoms with Crippen molar-refractivity contribution in [2.24, 2.45) is 0 Å². The van der Waals surface area contributed by atoms with E-state index in [0.29, 0.717) is 40.6 Å². The van der Waals surface area contributed by atoms with E-state index in [1.807, 2.05) is 0 Å². The number of nitrogens with zero attached hydrogens (tertiary/aromatic N) is 3. The quantitative estimate of drug-likeness (QED) is 0.494. The second-order valence-corrected chi connectivity index (χ2v) is 8.84. The zero-order valence-electron chi connectivity index (χ0n) is 18.0. The van der Waals surface area contributed by atoms with E-state index >= 15 is 0 Å². The number of benzene rings is 1. The molecule has 178 valence electrons. The molecule has 3 aromatic rings. The van der Waals surface area contributed by atoms with Crippen molar-refractivity contribution < 1.29 is 27.2 Å². The molecule has 2 aromatic heterocycles. The van der Waals surface area contributed by atoms with Crippen molar-refractivity contribution in [2.45, 2.75) is 26.2 Å². The Bertz CT molecular complexity index is 1190. The lowest BCUT2D eigenvalue weighted by molar-refractivity contribution is -0.141. The number of amides is 3. The summed E-state index contributed by atoms with van der Waals surface area (Å²) in [5.74, 6) is -0.726. The summed E-state index contributed by atoms with van der Waals surface area (Å²) < 4.78 is 51.0. The van der Waals surface area contributed by atoms with E-state index in [9.17, 15) is 27.2 Å². The van der Waals surface area contributed by atoms with E-state index in [4.69, 9.17) is 0 Å². The Morgan fingerprint density at radius 2 is 1.82 bits per heavy atom. The molecule has 0 saturated carbocycles. The van der Waals surface area contributed by atoms with Crippen LogP contribution in [0.4, 0.5) is 27.4 Å². The zero-order valence-corrected chi connectivity index (χ0v) is 18.8. The first-order chi connectivity index (χ1) is 16.1. The number of alkyl halides is 3. The van der Waals surface area contributed by atoms with Gasteiger partial charge in [0.05, 0.1) is 4.88 Å². The molecule has 0 bridgehead atoms. The summed E-state index contributed by atoms with van der Waals surface area (Å²) in [6.07, 6.45) is -3.44. The molecule has 1 saturated heterocycles. The number of hydrogen-bond donors (Lipinski definition) is 1. The Morgan fingerprint density at radius 1 is 1.12 bits per heavy atom. The molecule has 3 amide bonds. The summed E-state index contributed by atoms with van der Waals surface area (Å²) in [5.41, 5.74) is 0.941.